The van der Waals surface area contributed by atoms with Crippen molar-refractivity contribution >= 4 is 0 Å². The Labute approximate surface area is 97.3 Å². The van der Waals surface area contributed by atoms with Crippen molar-refractivity contribution in [3.63, 3.8) is 0 Å². The number of hydrogen-bond donors (Lipinski definition) is 0. The molecule has 1 saturated heterocycles. The Balaban J connectivity index is 2.12. The van der Waals surface area contributed by atoms with Crippen LogP contribution in [-0.2, 0) is 10.2 Å². The van der Waals surface area contributed by atoms with Crippen molar-refractivity contribution in [1.29, 1.82) is 0 Å². The third-order valence-electron chi connectivity index (χ3n) is 3.08. The average Bonchev–Trinajstić information content (AvgIpc) is 2.29. The molecular formula is C13H20N2O. The summed E-state index contributed by atoms with van der Waals surface area (Å²) in [6, 6.07) is 0. The molecule has 1 aromatic heterocycles. The van der Waals surface area contributed by atoms with Gasteiger partial charge < -0.3 is 4.74 Å². The van der Waals surface area contributed by atoms with Crippen molar-refractivity contribution in [3.8, 4) is 0 Å². The number of rotatable bonds is 1. The van der Waals surface area contributed by atoms with Crippen LogP contribution in [0.5, 0.6) is 0 Å². The molecule has 0 saturated carbocycles. The van der Waals surface area contributed by atoms with Gasteiger partial charge >= 0.3 is 0 Å². The maximum atomic E-state index is 5.35. The molecule has 0 aliphatic carbocycles. The van der Waals surface area contributed by atoms with Crippen LogP contribution in [0.1, 0.15) is 50.9 Å². The number of ether oxygens (including phenoxy) is 1. The molecule has 2 heterocycles. The minimum Gasteiger partial charge on any atom is -0.381 e. The summed E-state index contributed by atoms with van der Waals surface area (Å²) in [5.41, 5.74) is 2.26. The monoisotopic (exact) mass is 220 g/mol. The van der Waals surface area contributed by atoms with Gasteiger partial charge in [-0.25, -0.2) is 0 Å². The van der Waals surface area contributed by atoms with E-state index >= 15 is 0 Å². The van der Waals surface area contributed by atoms with Gasteiger partial charge in [-0.1, -0.05) is 20.8 Å². The van der Waals surface area contributed by atoms with Crippen molar-refractivity contribution in [2.24, 2.45) is 0 Å². The molecule has 16 heavy (non-hydrogen) atoms. The summed E-state index contributed by atoms with van der Waals surface area (Å²) in [5, 5.41) is 0. The highest BCUT2D eigenvalue weighted by Gasteiger charge is 2.20. The standard InChI is InChI=1S/C13H20N2O/c1-13(2,3)12-9-14-11(8-15-12)10-4-6-16-7-5-10/h8-10H,4-7H2,1-3H3. The third-order valence-corrected chi connectivity index (χ3v) is 3.08. The van der Waals surface area contributed by atoms with E-state index in [1.54, 1.807) is 0 Å². The molecule has 0 N–H and O–H groups in total. The third kappa shape index (κ3) is 2.59. The SMILES string of the molecule is CC(C)(C)c1cnc(C2CCOCC2)cn1. The molecule has 3 heteroatoms. The van der Waals surface area contributed by atoms with E-state index in [2.05, 4.69) is 30.7 Å². The van der Waals surface area contributed by atoms with Crippen LogP contribution in [0.25, 0.3) is 0 Å². The Morgan fingerprint density at radius 2 is 1.81 bits per heavy atom. The molecule has 0 radical (unpaired) electrons. The highest BCUT2D eigenvalue weighted by molar-refractivity contribution is 5.13. The summed E-state index contributed by atoms with van der Waals surface area (Å²) >= 11 is 0. The molecule has 0 amide bonds. The van der Waals surface area contributed by atoms with Crippen LogP contribution in [0.15, 0.2) is 12.4 Å². The van der Waals surface area contributed by atoms with Gasteiger partial charge in [-0.3, -0.25) is 9.97 Å². The quantitative estimate of drug-likeness (QED) is 0.730. The Morgan fingerprint density at radius 3 is 2.31 bits per heavy atom. The number of nitrogens with zero attached hydrogens (tertiary/aromatic N) is 2. The zero-order valence-electron chi connectivity index (χ0n) is 10.4. The normalized spacial score (nSPS) is 18.7. The van der Waals surface area contributed by atoms with Crippen molar-refractivity contribution < 1.29 is 4.74 Å². The molecule has 1 aliphatic rings. The predicted molar refractivity (Wildman–Crippen MR) is 63.5 cm³/mol. The minimum absolute atomic E-state index is 0.0845. The second-order valence-electron chi connectivity index (χ2n) is 5.46. The fourth-order valence-corrected chi connectivity index (χ4v) is 1.93. The fourth-order valence-electron chi connectivity index (χ4n) is 1.93. The van der Waals surface area contributed by atoms with Crippen LogP contribution in [-0.4, -0.2) is 23.2 Å². The first-order valence-corrected chi connectivity index (χ1v) is 5.97. The van der Waals surface area contributed by atoms with E-state index in [-0.39, 0.29) is 5.41 Å². The first-order valence-electron chi connectivity index (χ1n) is 5.97. The van der Waals surface area contributed by atoms with Crippen molar-refractivity contribution in [3.05, 3.63) is 23.8 Å². The van der Waals surface area contributed by atoms with Gasteiger partial charge in [-0.2, -0.15) is 0 Å². The summed E-state index contributed by atoms with van der Waals surface area (Å²) in [4.78, 5) is 9.07. The maximum Gasteiger partial charge on any atom is 0.0640 e. The molecular weight excluding hydrogens is 200 g/mol. The predicted octanol–water partition coefficient (Wildman–Crippen LogP) is 2.67. The molecule has 0 atom stereocenters. The van der Waals surface area contributed by atoms with Gasteiger partial charge in [0, 0.05) is 36.9 Å². The van der Waals surface area contributed by atoms with Gasteiger partial charge in [0.05, 0.1) is 11.4 Å². The molecule has 1 aromatic rings. The molecule has 3 nitrogen and oxygen atoms in total. The molecule has 0 unspecified atom stereocenters. The van der Waals surface area contributed by atoms with Gasteiger partial charge in [0.2, 0.25) is 0 Å². The summed E-state index contributed by atoms with van der Waals surface area (Å²) in [6.45, 7) is 8.18. The van der Waals surface area contributed by atoms with E-state index in [9.17, 15) is 0 Å². The highest BCUT2D eigenvalue weighted by Crippen LogP contribution is 2.26. The van der Waals surface area contributed by atoms with Crippen LogP contribution in [0.3, 0.4) is 0 Å². The van der Waals surface area contributed by atoms with E-state index in [0.717, 1.165) is 37.4 Å². The molecule has 0 aromatic carbocycles. The van der Waals surface area contributed by atoms with Crippen LogP contribution >= 0.6 is 0 Å². The second kappa shape index (κ2) is 4.50. The average molecular weight is 220 g/mol. The number of aromatic nitrogens is 2. The Morgan fingerprint density at radius 1 is 1.12 bits per heavy atom. The van der Waals surface area contributed by atoms with Gasteiger partial charge in [0.15, 0.2) is 0 Å². The van der Waals surface area contributed by atoms with E-state index in [1.807, 2.05) is 12.4 Å². The Hall–Kier alpha value is -0.960. The maximum absolute atomic E-state index is 5.35. The lowest BCUT2D eigenvalue weighted by Gasteiger charge is -2.22. The van der Waals surface area contributed by atoms with Crippen LogP contribution in [0.4, 0.5) is 0 Å². The van der Waals surface area contributed by atoms with Gasteiger partial charge in [-0.15, -0.1) is 0 Å². The largest absolute Gasteiger partial charge is 0.381 e. The van der Waals surface area contributed by atoms with Gasteiger partial charge in [-0.05, 0) is 12.8 Å². The van der Waals surface area contributed by atoms with E-state index < -0.39 is 0 Å². The zero-order chi connectivity index (χ0) is 11.6. The molecule has 88 valence electrons. The molecule has 2 rings (SSSR count). The highest BCUT2D eigenvalue weighted by atomic mass is 16.5. The topological polar surface area (TPSA) is 35.0 Å². The minimum atomic E-state index is 0.0845. The van der Waals surface area contributed by atoms with E-state index in [4.69, 9.17) is 4.74 Å². The van der Waals surface area contributed by atoms with Crippen LogP contribution in [0, 0.1) is 0 Å². The smallest absolute Gasteiger partial charge is 0.0640 e. The summed E-state index contributed by atoms with van der Waals surface area (Å²) < 4.78 is 5.35. The van der Waals surface area contributed by atoms with Gasteiger partial charge in [0.25, 0.3) is 0 Å². The fraction of sp³-hybridized carbons (Fsp3) is 0.692. The Kier molecular flexibility index (Phi) is 3.24. The van der Waals surface area contributed by atoms with Crippen LogP contribution < -0.4 is 0 Å². The van der Waals surface area contributed by atoms with Crippen molar-refractivity contribution in [2.75, 3.05) is 13.2 Å². The second-order valence-corrected chi connectivity index (χ2v) is 5.46. The summed E-state index contributed by atoms with van der Waals surface area (Å²) in [5.74, 6) is 0.537. The molecule has 1 aliphatic heterocycles. The van der Waals surface area contributed by atoms with Crippen LogP contribution in [0.2, 0.25) is 0 Å². The molecule has 0 spiro atoms. The van der Waals surface area contributed by atoms with Gasteiger partial charge in [0.1, 0.15) is 0 Å². The first-order chi connectivity index (χ1) is 7.57. The van der Waals surface area contributed by atoms with E-state index in [1.165, 1.54) is 0 Å². The lowest BCUT2D eigenvalue weighted by molar-refractivity contribution is 0.0844. The molecule has 0 bridgehead atoms. The summed E-state index contributed by atoms with van der Waals surface area (Å²) in [6.07, 6.45) is 6.01. The Bertz CT molecular complexity index is 334. The lowest BCUT2D eigenvalue weighted by atomic mass is 9.92. The molecule has 1 fully saturated rings. The first kappa shape index (κ1) is 11.5. The summed E-state index contributed by atoms with van der Waals surface area (Å²) in [7, 11) is 0. The number of hydrogen-bond acceptors (Lipinski definition) is 3. The zero-order valence-corrected chi connectivity index (χ0v) is 10.4. The lowest BCUT2D eigenvalue weighted by Crippen LogP contribution is -2.18. The van der Waals surface area contributed by atoms with E-state index in [0.29, 0.717) is 5.92 Å². The van der Waals surface area contributed by atoms with Crippen molar-refractivity contribution in [1.82, 2.24) is 9.97 Å². The van der Waals surface area contributed by atoms with Crippen molar-refractivity contribution in [2.45, 2.75) is 44.9 Å².